The van der Waals surface area contributed by atoms with Gasteiger partial charge in [0.15, 0.2) is 23.0 Å². The van der Waals surface area contributed by atoms with E-state index in [9.17, 15) is 42.1 Å². The molecule has 1 atom stereocenters. The lowest BCUT2D eigenvalue weighted by Crippen LogP contribution is -2.51. The van der Waals surface area contributed by atoms with Crippen molar-refractivity contribution in [3.8, 4) is 34.5 Å². The van der Waals surface area contributed by atoms with Crippen LogP contribution in [0.4, 0.5) is 28.4 Å². The Kier molecular flexibility index (Phi) is 31.8. The van der Waals surface area contributed by atoms with Crippen LogP contribution in [0, 0.1) is 0 Å². The van der Waals surface area contributed by atoms with Gasteiger partial charge in [-0.05, 0) is 203 Å². The number of fused-ring (bicyclic) bond motifs is 5. The fourth-order valence-corrected chi connectivity index (χ4v) is 32.9. The van der Waals surface area contributed by atoms with Crippen molar-refractivity contribution in [3.05, 3.63) is 371 Å². The van der Waals surface area contributed by atoms with Crippen LogP contribution in [-0.2, 0) is 88.6 Å². The van der Waals surface area contributed by atoms with Crippen molar-refractivity contribution in [2.75, 3.05) is 134 Å². The first kappa shape index (κ1) is 105. The quantitative estimate of drug-likeness (QED) is 0.0193. The maximum atomic E-state index is 14.4. The lowest BCUT2D eigenvalue weighted by atomic mass is 10.1. The van der Waals surface area contributed by atoms with Crippen molar-refractivity contribution < 1.29 is 75.0 Å². The summed E-state index contributed by atoms with van der Waals surface area (Å²) in [6, 6.07) is 95.3. The third kappa shape index (κ3) is 24.2. The van der Waals surface area contributed by atoms with Crippen LogP contribution < -0.4 is 81.0 Å². The van der Waals surface area contributed by atoms with Gasteiger partial charge in [0.25, 0.3) is 8.02 Å². The zero-order chi connectivity index (χ0) is 103. The number of quaternary nitrogens is 1. The summed E-state index contributed by atoms with van der Waals surface area (Å²) in [4.78, 5) is 21.4. The molecule has 1 unspecified atom stereocenters. The van der Waals surface area contributed by atoms with Crippen molar-refractivity contribution in [2.24, 2.45) is 4.52 Å². The Bertz CT molecular complexity index is 7820. The first-order chi connectivity index (χ1) is 70.0. The second-order valence-corrected chi connectivity index (χ2v) is 51.0. The molecule has 0 spiro atoms. The number of anilines is 5. The van der Waals surface area contributed by atoms with Gasteiger partial charge in [0.2, 0.25) is 50.1 Å². The molecule has 1 aliphatic heterocycles. The van der Waals surface area contributed by atoms with Crippen LogP contribution >= 0.6 is 23.7 Å². The minimum absolute atomic E-state index is 0.00672. The van der Waals surface area contributed by atoms with E-state index in [4.69, 9.17) is 41.4 Å². The molecule has 16 aromatic rings. The van der Waals surface area contributed by atoms with Gasteiger partial charge in [-0.3, -0.25) is 9.05 Å². The standard InChI is InChI=1S/C108H115N14O16P3S5/c1-118(2)99-31-11-26-94-89(99)21-16-36-104(94)142(123,124)110-72-66-78-43-55-84(56-44-78)134-139(133-83-53-41-77(42-54-83)65-71-109)115-140(135-85-57-45-79(46-58-85)67-73-111-143(125,126)105-37-17-22-90-95(105)27-12-32-100(90)119(3)4,136-86-59-47-80(48-60-86)68-74-112-144(127,128)106-38-18-23-91-96(106)28-13-33-101(91)120(5)6)117-141(116-139,137-87-61-49-81(50-62-87)69-75-113-145(129,130)107-39-19-24-92-97(107)29-14-34-102(92)121(7)8)138-88-63-51-82(52-64-88)70-76-114-146(131,132)108-40-20-25-93-98(108)30-15-35-103(93)122(9)10/h11-64,110-114H,65-76,109H2,1-10H3/p+1. The highest BCUT2D eigenvalue weighted by molar-refractivity contribution is 8.00. The molecule has 758 valence electrons. The van der Waals surface area contributed by atoms with Gasteiger partial charge in [0.1, 0.15) is 11.5 Å². The lowest BCUT2D eigenvalue weighted by molar-refractivity contribution is -0.366. The highest BCUT2D eigenvalue weighted by atomic mass is 32.2. The predicted octanol–water partition coefficient (Wildman–Crippen LogP) is 20.0. The minimum atomic E-state index is -4.80. The summed E-state index contributed by atoms with van der Waals surface area (Å²) in [6.45, 7) is 0.506. The van der Waals surface area contributed by atoms with Crippen molar-refractivity contribution in [1.29, 1.82) is 0 Å². The Labute approximate surface area is 855 Å². The van der Waals surface area contributed by atoms with Gasteiger partial charge in [-0.25, -0.2) is 65.7 Å². The molecule has 1 heterocycles. The van der Waals surface area contributed by atoms with Gasteiger partial charge in [-0.2, -0.15) is 4.86 Å². The predicted molar refractivity (Wildman–Crippen MR) is 590 cm³/mol. The van der Waals surface area contributed by atoms with Gasteiger partial charge in [-0.15, -0.1) is 0 Å². The van der Waals surface area contributed by atoms with Crippen LogP contribution in [0.2, 0.25) is 0 Å². The van der Waals surface area contributed by atoms with Crippen LogP contribution in [0.15, 0.2) is 357 Å². The summed E-state index contributed by atoms with van der Waals surface area (Å²) in [6.07, 6.45) is 1.65. The maximum absolute atomic E-state index is 14.4. The van der Waals surface area contributed by atoms with Gasteiger partial charge in [0, 0.05) is 192 Å². The highest BCUT2D eigenvalue weighted by Crippen LogP contribution is 2.96. The third-order valence-electron chi connectivity index (χ3n) is 24.7. The second-order valence-electron chi connectivity index (χ2n) is 36.1. The molecule has 1 aliphatic rings. The Morgan fingerprint density at radius 2 is 0.459 bits per heavy atom. The summed E-state index contributed by atoms with van der Waals surface area (Å²) in [7, 11) is -15.8. The van der Waals surface area contributed by atoms with E-state index in [0.29, 0.717) is 67.7 Å². The molecule has 0 aromatic heterocycles. The summed E-state index contributed by atoms with van der Waals surface area (Å²) < 4.78 is 209. The van der Waals surface area contributed by atoms with Gasteiger partial charge < -0.3 is 53.2 Å². The number of hydrogen-bond donors (Lipinski definition) is 6. The van der Waals surface area contributed by atoms with E-state index in [1.54, 1.807) is 224 Å². The summed E-state index contributed by atoms with van der Waals surface area (Å²) in [5.74, 6) is 0.777. The summed E-state index contributed by atoms with van der Waals surface area (Å²) in [5, 5.41) is 6.63. The van der Waals surface area contributed by atoms with Gasteiger partial charge in [-0.1, -0.05) is 194 Å². The van der Waals surface area contributed by atoms with Gasteiger partial charge >= 0.3 is 15.7 Å². The smallest absolute Gasteiger partial charge is 0.439 e. The number of nitrogens with one attached hydrogen (secondary N) is 5. The summed E-state index contributed by atoms with van der Waals surface area (Å²) >= 11 is 0. The first-order valence-corrected chi connectivity index (χ1v) is 59.3. The van der Waals surface area contributed by atoms with Crippen LogP contribution in [0.25, 0.3) is 63.6 Å². The second kappa shape index (κ2) is 44.4. The molecule has 30 nitrogen and oxygen atoms in total. The van der Waals surface area contributed by atoms with Crippen molar-refractivity contribution in [3.63, 3.8) is 0 Å². The minimum Gasteiger partial charge on any atom is -0.439 e. The monoisotopic (exact) mass is 2120 g/mol. The summed E-state index contributed by atoms with van der Waals surface area (Å²) in [5.41, 5.74) is 12.7. The molecular weight excluding hydrogens is 2000 g/mol. The molecule has 0 bridgehead atoms. The molecule has 0 saturated carbocycles. The Morgan fingerprint density at radius 1 is 0.260 bits per heavy atom. The SMILES string of the molecule is CN(C)c1cccc2c(S(=O)(=O)NCCc3ccc(OP4(Oc5ccc(CCNS(=O)(=O)c6cccc7c(N(C)C)cccc67)cc5)=N[P+](Oc5ccc(CCNS(=O)(=O)c6cccc7c(N(C)C)cccc67)cc5)(Oc5ccc(CCNS(=O)(=O)c6cccc7c(N(C)C)cccc67)cc5)[N-][P+](Oc5ccc(CC[NH3+])cc5)(Oc5ccc(CCNS(=O)(=O)c6cccc7c(N(C)C)cccc67)cc5)[N-]4)cc3)cccc12. The molecule has 0 amide bonds. The van der Waals surface area contributed by atoms with Crippen LogP contribution in [0.5, 0.6) is 34.5 Å². The molecule has 38 heteroatoms. The number of hydrogen-bond acceptors (Lipinski definition) is 22. The number of benzene rings is 16. The first-order valence-electron chi connectivity index (χ1n) is 47.3. The van der Waals surface area contributed by atoms with Crippen molar-refractivity contribution >= 4 is 156 Å². The number of sulfonamides is 5. The topological polar surface area (TPSA) is 371 Å². The van der Waals surface area contributed by atoms with Gasteiger partial charge in [0.05, 0.1) is 31.0 Å². The number of rotatable bonds is 44. The van der Waals surface area contributed by atoms with E-state index in [1.807, 2.05) is 198 Å². The zero-order valence-electron chi connectivity index (χ0n) is 82.4. The van der Waals surface area contributed by atoms with E-state index in [1.165, 1.54) is 0 Å². The molecular formula is C108H116N14O16P3S5+. The van der Waals surface area contributed by atoms with E-state index in [-0.39, 0.29) is 124 Å². The molecule has 0 saturated heterocycles. The average molecular weight is 2120 g/mol. The Balaban J connectivity index is 0.773. The van der Waals surface area contributed by atoms with Crippen LogP contribution in [-0.4, -0.2) is 152 Å². The normalized spacial score (nSPS) is 14.3. The molecule has 0 aliphatic carbocycles. The zero-order valence-corrected chi connectivity index (χ0v) is 89.1. The Morgan fingerprint density at radius 3 is 0.678 bits per heavy atom. The maximum Gasteiger partial charge on any atom is 0.456 e. The fraction of sp³-hybridized carbons (Fsp3) is 0.204. The highest BCUT2D eigenvalue weighted by Gasteiger charge is 2.58. The van der Waals surface area contributed by atoms with E-state index >= 15 is 0 Å². The molecule has 0 radical (unpaired) electrons. The van der Waals surface area contributed by atoms with E-state index in [0.717, 1.165) is 60.9 Å². The fourth-order valence-electron chi connectivity index (χ4n) is 17.6. The van der Waals surface area contributed by atoms with E-state index in [2.05, 4.69) is 29.3 Å². The van der Waals surface area contributed by atoms with Crippen LogP contribution in [0.3, 0.4) is 0 Å². The number of nitrogens with zero attached hydrogens (tertiary/aromatic N) is 8. The third-order valence-corrected chi connectivity index (χ3v) is 40.4. The van der Waals surface area contributed by atoms with Crippen molar-refractivity contribution in [2.45, 2.75) is 63.0 Å². The van der Waals surface area contributed by atoms with E-state index < -0.39 is 73.8 Å². The average Bonchev–Trinajstić information content (AvgIpc) is 0.724. The lowest BCUT2D eigenvalue weighted by Gasteiger charge is -2.49. The van der Waals surface area contributed by atoms with Crippen LogP contribution in [0.1, 0.15) is 33.4 Å². The largest absolute Gasteiger partial charge is 0.456 e. The van der Waals surface area contributed by atoms with Crippen molar-refractivity contribution in [1.82, 2.24) is 23.6 Å². The molecule has 146 heavy (non-hydrogen) atoms. The molecule has 17 rings (SSSR count). The molecule has 0 fully saturated rings. The molecule has 8 N–H and O–H groups in total. The molecule has 16 aromatic carbocycles. The Hall–Kier alpha value is -12.9.